The van der Waals surface area contributed by atoms with E-state index in [-0.39, 0.29) is 17.4 Å². The van der Waals surface area contributed by atoms with Crippen molar-refractivity contribution in [1.82, 2.24) is 9.88 Å². The number of benzene rings is 3. The molecule has 2 aliphatic heterocycles. The number of amides is 2. The van der Waals surface area contributed by atoms with Crippen LogP contribution in [-0.4, -0.2) is 41.3 Å². The number of piperidine rings is 1. The maximum Gasteiger partial charge on any atom is 0.253 e. The number of carbonyl (C=O) groups is 2. The number of fused-ring (bicyclic) bond motifs is 3. The first-order chi connectivity index (χ1) is 18.3. The van der Waals surface area contributed by atoms with E-state index in [2.05, 4.69) is 4.98 Å². The lowest BCUT2D eigenvalue weighted by atomic mass is 9.74. The van der Waals surface area contributed by atoms with Gasteiger partial charge in [-0.1, -0.05) is 0 Å². The van der Waals surface area contributed by atoms with Gasteiger partial charge >= 0.3 is 0 Å². The molecule has 1 aromatic heterocycles. The number of thiazole rings is 1. The smallest absolute Gasteiger partial charge is 0.253 e. The number of hydrogen-bond donors (Lipinski definition) is 0. The van der Waals surface area contributed by atoms with E-state index in [1.807, 2.05) is 12.1 Å². The SMILES string of the molecule is O=C(c1ccc2scnc2c1)N1CCC2(CC1)CN(C(=O)/C=C/c1ccc(F)cc1F)c1ccc(F)cc12. The molecule has 2 aliphatic rings. The molecule has 0 bridgehead atoms. The van der Waals surface area contributed by atoms with Crippen LogP contribution in [0.4, 0.5) is 18.9 Å². The van der Waals surface area contributed by atoms with Gasteiger partial charge in [-0.05, 0) is 73.0 Å². The average Bonchev–Trinajstić information content (AvgIpc) is 3.50. The summed E-state index contributed by atoms with van der Waals surface area (Å²) in [6.07, 6.45) is 3.68. The number of hydrogen-bond acceptors (Lipinski definition) is 4. The molecule has 0 aliphatic carbocycles. The Labute approximate surface area is 220 Å². The first kappa shape index (κ1) is 24.4. The van der Waals surface area contributed by atoms with Crippen LogP contribution >= 0.6 is 11.3 Å². The van der Waals surface area contributed by atoms with E-state index in [1.165, 1.54) is 41.7 Å². The predicted octanol–water partition coefficient (Wildman–Crippen LogP) is 5.95. The second kappa shape index (κ2) is 9.40. The van der Waals surface area contributed by atoms with Crippen molar-refractivity contribution >= 4 is 45.1 Å². The lowest BCUT2D eigenvalue weighted by Crippen LogP contribution is -2.47. The Morgan fingerprint density at radius 3 is 2.50 bits per heavy atom. The van der Waals surface area contributed by atoms with Gasteiger partial charge in [0.15, 0.2) is 0 Å². The number of carbonyl (C=O) groups excluding carboxylic acids is 2. The number of anilines is 1. The van der Waals surface area contributed by atoms with Gasteiger partial charge in [0.2, 0.25) is 0 Å². The summed E-state index contributed by atoms with van der Waals surface area (Å²) in [6.45, 7) is 1.25. The number of rotatable bonds is 3. The normalized spacial score (nSPS) is 16.5. The van der Waals surface area contributed by atoms with Gasteiger partial charge in [0.1, 0.15) is 17.5 Å². The lowest BCUT2D eigenvalue weighted by molar-refractivity contribution is -0.114. The Morgan fingerprint density at radius 2 is 1.71 bits per heavy atom. The average molecular weight is 534 g/mol. The number of likely N-dealkylation sites (tertiary alicyclic amines) is 1. The predicted molar refractivity (Wildman–Crippen MR) is 141 cm³/mol. The molecular formula is C29H22F3N3O2S. The van der Waals surface area contributed by atoms with Crippen LogP contribution in [0.25, 0.3) is 16.3 Å². The highest BCUT2D eigenvalue weighted by atomic mass is 32.1. The fourth-order valence-electron chi connectivity index (χ4n) is 5.46. The molecule has 0 unspecified atom stereocenters. The van der Waals surface area contributed by atoms with Crippen molar-refractivity contribution in [2.45, 2.75) is 18.3 Å². The maximum atomic E-state index is 14.3. The molecule has 3 heterocycles. The number of aromatic nitrogens is 1. The van der Waals surface area contributed by atoms with E-state index in [0.29, 0.717) is 43.7 Å². The fraction of sp³-hybridized carbons (Fsp3) is 0.207. The Bertz CT molecular complexity index is 1610. The molecule has 9 heteroatoms. The minimum Gasteiger partial charge on any atom is -0.339 e. The van der Waals surface area contributed by atoms with E-state index in [4.69, 9.17) is 0 Å². The third kappa shape index (κ3) is 4.26. The van der Waals surface area contributed by atoms with Gasteiger partial charge in [0.05, 0.1) is 15.7 Å². The van der Waals surface area contributed by atoms with Crippen LogP contribution in [0.5, 0.6) is 0 Å². The summed E-state index contributed by atoms with van der Waals surface area (Å²) >= 11 is 1.52. The first-order valence-corrected chi connectivity index (χ1v) is 13.1. The summed E-state index contributed by atoms with van der Waals surface area (Å²) in [5.74, 6) is -2.31. The highest BCUT2D eigenvalue weighted by molar-refractivity contribution is 7.16. The van der Waals surface area contributed by atoms with E-state index < -0.39 is 22.9 Å². The molecule has 0 atom stereocenters. The zero-order chi connectivity index (χ0) is 26.4. The third-order valence-electron chi connectivity index (χ3n) is 7.50. The molecule has 3 aromatic carbocycles. The standard InChI is InChI=1S/C29H22F3N3O2S/c30-20-5-6-25-22(14-20)29(16-35(25)27(36)8-3-18-1-4-21(31)15-23(18)32)9-11-34(12-10-29)28(37)19-2-7-26-24(13-19)33-17-38-26/h1-8,13-15,17H,9-12,16H2/b8-3+. The van der Waals surface area contributed by atoms with Gasteiger partial charge < -0.3 is 9.80 Å². The molecule has 192 valence electrons. The van der Waals surface area contributed by atoms with Gasteiger partial charge in [-0.15, -0.1) is 11.3 Å². The summed E-state index contributed by atoms with van der Waals surface area (Å²) < 4.78 is 42.6. The summed E-state index contributed by atoms with van der Waals surface area (Å²) in [4.78, 5) is 34.1. The molecule has 1 spiro atoms. The van der Waals surface area contributed by atoms with Crippen molar-refractivity contribution in [2.75, 3.05) is 24.5 Å². The largest absolute Gasteiger partial charge is 0.339 e. The number of nitrogens with zero attached hydrogens (tertiary/aromatic N) is 3. The van der Waals surface area contributed by atoms with Crippen LogP contribution in [0, 0.1) is 17.5 Å². The van der Waals surface area contributed by atoms with Crippen LogP contribution in [0.1, 0.15) is 34.3 Å². The second-order valence-corrected chi connectivity index (χ2v) is 10.6. The summed E-state index contributed by atoms with van der Waals surface area (Å²) in [6, 6.07) is 13.0. The maximum absolute atomic E-state index is 14.3. The van der Waals surface area contributed by atoms with Crippen LogP contribution < -0.4 is 4.90 Å². The molecule has 5 nitrogen and oxygen atoms in total. The molecule has 38 heavy (non-hydrogen) atoms. The highest BCUT2D eigenvalue weighted by Gasteiger charge is 2.46. The lowest BCUT2D eigenvalue weighted by Gasteiger charge is -2.40. The first-order valence-electron chi connectivity index (χ1n) is 12.2. The van der Waals surface area contributed by atoms with Crippen LogP contribution in [0.15, 0.2) is 66.2 Å². The van der Waals surface area contributed by atoms with Gasteiger partial charge in [-0.3, -0.25) is 9.59 Å². The van der Waals surface area contributed by atoms with Crippen molar-refractivity contribution < 1.29 is 22.8 Å². The van der Waals surface area contributed by atoms with Gasteiger partial charge in [-0.25, -0.2) is 18.2 Å². The molecule has 4 aromatic rings. The van der Waals surface area contributed by atoms with Crippen molar-refractivity contribution in [1.29, 1.82) is 0 Å². The molecular weight excluding hydrogens is 511 g/mol. The Balaban J connectivity index is 1.22. The Hall–Kier alpha value is -3.98. The summed E-state index contributed by atoms with van der Waals surface area (Å²) in [5.41, 5.74) is 4.05. The fourth-order valence-corrected chi connectivity index (χ4v) is 6.12. The Morgan fingerprint density at radius 1 is 0.947 bits per heavy atom. The molecule has 0 radical (unpaired) electrons. The van der Waals surface area contributed by atoms with Crippen LogP contribution in [0.2, 0.25) is 0 Å². The topological polar surface area (TPSA) is 53.5 Å². The molecule has 2 amide bonds. The van der Waals surface area contributed by atoms with Gasteiger partial charge in [0, 0.05) is 54.0 Å². The monoisotopic (exact) mass is 533 g/mol. The molecule has 1 saturated heterocycles. The molecule has 6 rings (SSSR count). The van der Waals surface area contributed by atoms with Crippen molar-refractivity contribution in [3.63, 3.8) is 0 Å². The summed E-state index contributed by atoms with van der Waals surface area (Å²) in [5, 5.41) is 0. The van der Waals surface area contributed by atoms with Crippen molar-refractivity contribution in [3.8, 4) is 0 Å². The quantitative estimate of drug-likeness (QED) is 0.306. The second-order valence-electron chi connectivity index (χ2n) is 9.69. The van der Waals surface area contributed by atoms with Crippen LogP contribution in [-0.2, 0) is 10.2 Å². The minimum atomic E-state index is -0.764. The molecule has 1 fully saturated rings. The van der Waals surface area contributed by atoms with Crippen LogP contribution in [0.3, 0.4) is 0 Å². The van der Waals surface area contributed by atoms with Gasteiger partial charge in [-0.2, -0.15) is 0 Å². The van der Waals surface area contributed by atoms with Gasteiger partial charge in [0.25, 0.3) is 11.8 Å². The minimum absolute atomic E-state index is 0.0793. The van der Waals surface area contributed by atoms with Crippen molar-refractivity contribution in [3.05, 3.63) is 100 Å². The van der Waals surface area contributed by atoms with E-state index in [1.54, 1.807) is 27.4 Å². The zero-order valence-corrected chi connectivity index (χ0v) is 21.0. The number of halogens is 3. The summed E-state index contributed by atoms with van der Waals surface area (Å²) in [7, 11) is 0. The van der Waals surface area contributed by atoms with E-state index in [9.17, 15) is 22.8 Å². The highest BCUT2D eigenvalue weighted by Crippen LogP contribution is 2.47. The molecule has 0 N–H and O–H groups in total. The zero-order valence-electron chi connectivity index (χ0n) is 20.2. The Kier molecular flexibility index (Phi) is 6.03. The van der Waals surface area contributed by atoms with E-state index >= 15 is 0 Å². The molecule has 0 saturated carbocycles. The van der Waals surface area contributed by atoms with Crippen molar-refractivity contribution in [2.24, 2.45) is 0 Å². The third-order valence-corrected chi connectivity index (χ3v) is 8.31. The van der Waals surface area contributed by atoms with E-state index in [0.717, 1.165) is 27.9 Å².